The van der Waals surface area contributed by atoms with E-state index in [1.54, 1.807) is 36.4 Å². The van der Waals surface area contributed by atoms with Gasteiger partial charge >= 0.3 is 5.97 Å². The van der Waals surface area contributed by atoms with Crippen LogP contribution in [0.2, 0.25) is 0 Å². The summed E-state index contributed by atoms with van der Waals surface area (Å²) in [6.45, 7) is 3.96. The molecule has 142 valence electrons. The zero-order valence-electron chi connectivity index (χ0n) is 15.6. The van der Waals surface area contributed by atoms with Crippen molar-refractivity contribution in [2.75, 3.05) is 5.32 Å². The Morgan fingerprint density at radius 3 is 2.68 bits per heavy atom. The summed E-state index contributed by atoms with van der Waals surface area (Å²) in [5.41, 5.74) is 2.23. The van der Waals surface area contributed by atoms with E-state index in [9.17, 15) is 14.4 Å². The molecule has 28 heavy (non-hydrogen) atoms. The highest BCUT2D eigenvalue weighted by Gasteiger charge is 2.21. The summed E-state index contributed by atoms with van der Waals surface area (Å²) in [7, 11) is 0. The van der Waals surface area contributed by atoms with Gasteiger partial charge < -0.3 is 10.1 Å². The lowest BCUT2D eigenvalue weighted by molar-refractivity contribution is -0.115. The minimum atomic E-state index is -0.348. The molecule has 1 aliphatic rings. The number of esters is 1. The molecule has 2 heterocycles. The first kappa shape index (κ1) is 17.9. The minimum absolute atomic E-state index is 0.0278. The largest absolute Gasteiger partial charge is 0.457 e. The van der Waals surface area contributed by atoms with Crippen LogP contribution in [-0.4, -0.2) is 21.7 Å². The van der Waals surface area contributed by atoms with Crippen LogP contribution in [0.1, 0.15) is 41.5 Å². The SMILES string of the molecule is CC(C)n1nc(CC(=O)Nc2ccc3c(c2)COC3=O)c2ccccc2c1=O. The van der Waals surface area contributed by atoms with Gasteiger partial charge in [0.1, 0.15) is 6.61 Å². The van der Waals surface area contributed by atoms with Crippen molar-refractivity contribution >= 4 is 28.3 Å². The zero-order chi connectivity index (χ0) is 19.8. The summed E-state index contributed by atoms with van der Waals surface area (Å²) in [5.74, 6) is -0.601. The maximum Gasteiger partial charge on any atom is 0.338 e. The normalized spacial score (nSPS) is 12.9. The molecule has 0 spiro atoms. The minimum Gasteiger partial charge on any atom is -0.457 e. The van der Waals surface area contributed by atoms with Gasteiger partial charge in [-0.2, -0.15) is 5.10 Å². The second kappa shape index (κ2) is 6.92. The molecular weight excluding hydrogens is 358 g/mol. The number of hydrogen-bond donors (Lipinski definition) is 1. The summed E-state index contributed by atoms with van der Waals surface area (Å²) in [4.78, 5) is 36.7. The van der Waals surface area contributed by atoms with Crippen molar-refractivity contribution in [2.45, 2.75) is 32.9 Å². The molecular formula is C21H19N3O4. The van der Waals surface area contributed by atoms with Crippen LogP contribution in [0.15, 0.2) is 47.3 Å². The summed E-state index contributed by atoms with van der Waals surface area (Å²) in [6.07, 6.45) is 0.0278. The van der Waals surface area contributed by atoms with E-state index >= 15 is 0 Å². The highest BCUT2D eigenvalue weighted by molar-refractivity contribution is 5.97. The smallest absolute Gasteiger partial charge is 0.338 e. The lowest BCUT2D eigenvalue weighted by Crippen LogP contribution is -2.27. The Kier molecular flexibility index (Phi) is 4.43. The molecule has 0 atom stereocenters. The van der Waals surface area contributed by atoms with Crippen molar-refractivity contribution in [1.29, 1.82) is 0 Å². The van der Waals surface area contributed by atoms with Crippen LogP contribution in [0.25, 0.3) is 10.8 Å². The van der Waals surface area contributed by atoms with E-state index in [1.165, 1.54) is 4.68 Å². The second-order valence-corrected chi connectivity index (χ2v) is 7.01. The van der Waals surface area contributed by atoms with Crippen LogP contribution in [0.5, 0.6) is 0 Å². The number of carbonyl (C=O) groups excluding carboxylic acids is 2. The number of aromatic nitrogens is 2. The van der Waals surface area contributed by atoms with Gasteiger partial charge in [-0.15, -0.1) is 0 Å². The summed E-state index contributed by atoms with van der Waals surface area (Å²) in [6, 6.07) is 12.1. The van der Waals surface area contributed by atoms with Crippen molar-refractivity contribution in [3.05, 3.63) is 69.6 Å². The summed E-state index contributed by atoms with van der Waals surface area (Å²) >= 11 is 0. The third-order valence-electron chi connectivity index (χ3n) is 4.69. The molecule has 4 rings (SSSR count). The fourth-order valence-electron chi connectivity index (χ4n) is 3.32. The van der Waals surface area contributed by atoms with E-state index in [1.807, 2.05) is 19.9 Å². The molecule has 1 amide bonds. The van der Waals surface area contributed by atoms with Crippen LogP contribution >= 0.6 is 0 Å². The fourth-order valence-corrected chi connectivity index (χ4v) is 3.32. The number of nitrogens with zero attached hydrogens (tertiary/aromatic N) is 2. The van der Waals surface area contributed by atoms with Gasteiger partial charge in [-0.25, -0.2) is 9.48 Å². The van der Waals surface area contributed by atoms with Crippen LogP contribution in [0.3, 0.4) is 0 Å². The Morgan fingerprint density at radius 1 is 1.18 bits per heavy atom. The quantitative estimate of drug-likeness (QED) is 0.706. The Bertz CT molecular complexity index is 1160. The molecule has 0 unspecified atom stereocenters. The lowest BCUT2D eigenvalue weighted by Gasteiger charge is -2.13. The molecule has 1 aliphatic heterocycles. The van der Waals surface area contributed by atoms with Gasteiger partial charge in [0.15, 0.2) is 0 Å². The Hall–Kier alpha value is -3.48. The Labute approximate surface area is 160 Å². The number of benzene rings is 2. The average Bonchev–Trinajstić information content (AvgIpc) is 3.04. The number of amides is 1. The van der Waals surface area contributed by atoms with Gasteiger partial charge in [-0.1, -0.05) is 18.2 Å². The summed E-state index contributed by atoms with van der Waals surface area (Å²) < 4.78 is 6.39. The van der Waals surface area contributed by atoms with Crippen molar-refractivity contribution in [3.63, 3.8) is 0 Å². The maximum absolute atomic E-state index is 12.6. The lowest BCUT2D eigenvalue weighted by atomic mass is 10.1. The predicted octanol–water partition coefficient (Wildman–Crippen LogP) is 2.83. The fraction of sp³-hybridized carbons (Fsp3) is 0.238. The number of ether oxygens (including phenoxy) is 1. The second-order valence-electron chi connectivity index (χ2n) is 7.01. The summed E-state index contributed by atoms with van der Waals surface area (Å²) in [5, 5.41) is 8.48. The highest BCUT2D eigenvalue weighted by Crippen LogP contribution is 2.23. The molecule has 0 saturated carbocycles. The van der Waals surface area contributed by atoms with E-state index < -0.39 is 0 Å². The van der Waals surface area contributed by atoms with Gasteiger partial charge in [0.25, 0.3) is 5.56 Å². The number of nitrogens with one attached hydrogen (secondary N) is 1. The third kappa shape index (κ3) is 3.15. The van der Waals surface area contributed by atoms with Crippen LogP contribution in [0.4, 0.5) is 5.69 Å². The molecule has 0 saturated heterocycles. The number of hydrogen-bond acceptors (Lipinski definition) is 5. The van der Waals surface area contributed by atoms with Gasteiger partial charge in [-0.05, 0) is 38.1 Å². The third-order valence-corrected chi connectivity index (χ3v) is 4.69. The Morgan fingerprint density at radius 2 is 1.93 bits per heavy atom. The van der Waals surface area contributed by atoms with Crippen molar-refractivity contribution in [3.8, 4) is 0 Å². The monoisotopic (exact) mass is 377 g/mol. The van der Waals surface area contributed by atoms with Crippen LogP contribution in [0, 0.1) is 0 Å². The van der Waals surface area contributed by atoms with E-state index in [-0.39, 0.29) is 36.5 Å². The molecule has 0 aliphatic carbocycles. The topological polar surface area (TPSA) is 90.3 Å². The highest BCUT2D eigenvalue weighted by atomic mass is 16.5. The van der Waals surface area contributed by atoms with Crippen molar-refractivity contribution in [2.24, 2.45) is 0 Å². The van der Waals surface area contributed by atoms with Gasteiger partial charge in [0.2, 0.25) is 5.91 Å². The van der Waals surface area contributed by atoms with E-state index in [4.69, 9.17) is 4.74 Å². The first-order chi connectivity index (χ1) is 13.4. The molecule has 1 N–H and O–H groups in total. The van der Waals surface area contributed by atoms with E-state index in [0.29, 0.717) is 27.7 Å². The molecule has 0 fully saturated rings. The van der Waals surface area contributed by atoms with Gasteiger partial charge in [0, 0.05) is 16.6 Å². The number of cyclic esters (lactones) is 1. The van der Waals surface area contributed by atoms with Gasteiger partial charge in [0.05, 0.1) is 29.1 Å². The molecule has 3 aromatic rings. The number of carbonyl (C=O) groups is 2. The van der Waals surface area contributed by atoms with Crippen molar-refractivity contribution in [1.82, 2.24) is 9.78 Å². The molecule has 0 bridgehead atoms. The first-order valence-corrected chi connectivity index (χ1v) is 9.04. The zero-order valence-corrected chi connectivity index (χ0v) is 15.6. The van der Waals surface area contributed by atoms with E-state index in [2.05, 4.69) is 10.4 Å². The number of rotatable bonds is 4. The van der Waals surface area contributed by atoms with Crippen molar-refractivity contribution < 1.29 is 14.3 Å². The standard InChI is InChI=1S/C21H19N3O4/c1-12(2)24-20(26)17-6-4-3-5-16(17)18(23-24)10-19(25)22-14-7-8-15-13(9-14)11-28-21(15)27/h3-9,12H,10-11H2,1-2H3,(H,22,25). The van der Waals surface area contributed by atoms with E-state index in [0.717, 1.165) is 5.56 Å². The first-order valence-electron chi connectivity index (χ1n) is 9.04. The Balaban J connectivity index is 1.63. The number of fused-ring (bicyclic) bond motifs is 2. The van der Waals surface area contributed by atoms with Gasteiger partial charge in [-0.3, -0.25) is 9.59 Å². The molecule has 7 heteroatoms. The average molecular weight is 377 g/mol. The predicted molar refractivity (Wildman–Crippen MR) is 104 cm³/mol. The van der Waals surface area contributed by atoms with Crippen LogP contribution < -0.4 is 10.9 Å². The molecule has 7 nitrogen and oxygen atoms in total. The molecule has 1 aromatic heterocycles. The molecule has 2 aromatic carbocycles. The maximum atomic E-state index is 12.6. The molecule has 0 radical (unpaired) electrons. The number of anilines is 1. The van der Waals surface area contributed by atoms with Crippen LogP contribution in [-0.2, 0) is 22.6 Å².